The van der Waals surface area contributed by atoms with E-state index in [1.54, 1.807) is 0 Å². The molecule has 1 aliphatic rings. The van der Waals surface area contributed by atoms with E-state index in [0.717, 1.165) is 5.56 Å². The van der Waals surface area contributed by atoms with Gasteiger partial charge in [-0.2, -0.15) is 5.26 Å². The zero-order chi connectivity index (χ0) is 13.0. The van der Waals surface area contributed by atoms with E-state index in [1.165, 1.54) is 4.90 Å². The Bertz CT molecular complexity index is 493. The van der Waals surface area contributed by atoms with E-state index in [2.05, 4.69) is 0 Å². The summed E-state index contributed by atoms with van der Waals surface area (Å²) in [7, 11) is 0. The van der Waals surface area contributed by atoms with E-state index in [4.69, 9.17) is 10.00 Å². The lowest BCUT2D eigenvalue weighted by Gasteiger charge is -2.14. The Labute approximate surface area is 105 Å². The number of rotatable bonds is 2. The molecule has 1 atom stereocenters. The number of likely N-dealkylation sites (tertiary alicyclic amines) is 1. The number of ether oxygens (including phenoxy) is 1. The van der Waals surface area contributed by atoms with Crippen LogP contribution in [0.25, 0.3) is 0 Å². The first-order chi connectivity index (χ1) is 8.70. The maximum atomic E-state index is 11.7. The van der Waals surface area contributed by atoms with E-state index < -0.39 is 12.0 Å². The summed E-state index contributed by atoms with van der Waals surface area (Å²) in [6, 6.07) is 11.2. The molecular formula is C13H12N2O3. The molecule has 5 nitrogen and oxygen atoms in total. The van der Waals surface area contributed by atoms with E-state index in [0.29, 0.717) is 0 Å². The average molecular weight is 244 g/mol. The van der Waals surface area contributed by atoms with Gasteiger partial charge in [0.05, 0.1) is 12.6 Å². The normalized spacial score (nSPS) is 18.5. The Hall–Kier alpha value is -2.35. The van der Waals surface area contributed by atoms with Crippen LogP contribution >= 0.6 is 0 Å². The number of carbonyl (C=O) groups is 2. The molecule has 0 spiro atoms. The summed E-state index contributed by atoms with van der Waals surface area (Å²) in [6.07, 6.45) is -0.551. The Kier molecular flexibility index (Phi) is 3.58. The van der Waals surface area contributed by atoms with Gasteiger partial charge in [-0.25, -0.2) is 4.79 Å². The van der Waals surface area contributed by atoms with Crippen LogP contribution in [0.2, 0.25) is 0 Å². The van der Waals surface area contributed by atoms with Gasteiger partial charge in [0.15, 0.2) is 5.78 Å². The fourth-order valence-corrected chi connectivity index (χ4v) is 1.75. The SMILES string of the molecule is N#CC1CN(C(=O)OCc2ccccc2)CC1=O. The molecule has 1 fully saturated rings. The van der Waals surface area contributed by atoms with Crippen molar-refractivity contribution in [1.82, 2.24) is 4.90 Å². The molecule has 0 bridgehead atoms. The highest BCUT2D eigenvalue weighted by Gasteiger charge is 2.34. The quantitative estimate of drug-likeness (QED) is 0.787. The molecule has 1 unspecified atom stereocenters. The van der Waals surface area contributed by atoms with Crippen LogP contribution in [0.5, 0.6) is 0 Å². The van der Waals surface area contributed by atoms with Crippen LogP contribution in [0.15, 0.2) is 30.3 Å². The summed E-state index contributed by atoms with van der Waals surface area (Å²) in [5, 5.41) is 8.69. The number of carbonyl (C=O) groups excluding carboxylic acids is 2. The maximum Gasteiger partial charge on any atom is 0.410 e. The third-order valence-electron chi connectivity index (χ3n) is 2.76. The van der Waals surface area contributed by atoms with Crippen molar-refractivity contribution in [2.45, 2.75) is 6.61 Å². The fourth-order valence-electron chi connectivity index (χ4n) is 1.75. The van der Waals surface area contributed by atoms with Gasteiger partial charge >= 0.3 is 6.09 Å². The van der Waals surface area contributed by atoms with Gasteiger partial charge in [0, 0.05) is 6.54 Å². The molecule has 92 valence electrons. The number of amides is 1. The molecule has 0 N–H and O–H groups in total. The molecule has 0 saturated carbocycles. The summed E-state index contributed by atoms with van der Waals surface area (Å²) in [5.74, 6) is -0.941. The van der Waals surface area contributed by atoms with Crippen molar-refractivity contribution in [2.75, 3.05) is 13.1 Å². The van der Waals surface area contributed by atoms with Crippen molar-refractivity contribution in [3.8, 4) is 6.07 Å². The third kappa shape index (κ3) is 2.66. The Morgan fingerprint density at radius 2 is 2.17 bits per heavy atom. The highest BCUT2D eigenvalue weighted by atomic mass is 16.6. The standard InChI is InChI=1S/C13H12N2O3/c14-6-11-7-15(8-12(11)16)13(17)18-9-10-4-2-1-3-5-10/h1-5,11H,7-9H2. The fraction of sp³-hybridized carbons (Fsp3) is 0.308. The second kappa shape index (κ2) is 5.32. The van der Waals surface area contributed by atoms with E-state index in [1.807, 2.05) is 36.4 Å². The van der Waals surface area contributed by atoms with Crippen molar-refractivity contribution in [3.63, 3.8) is 0 Å². The van der Waals surface area contributed by atoms with Gasteiger partial charge < -0.3 is 4.74 Å². The molecule has 2 rings (SSSR count). The van der Waals surface area contributed by atoms with Crippen molar-refractivity contribution in [3.05, 3.63) is 35.9 Å². The van der Waals surface area contributed by atoms with Crippen LogP contribution in [0.3, 0.4) is 0 Å². The highest BCUT2D eigenvalue weighted by molar-refractivity contribution is 5.91. The molecule has 1 aromatic carbocycles. The number of benzene rings is 1. The molecule has 1 saturated heterocycles. The summed E-state index contributed by atoms with van der Waals surface area (Å²) < 4.78 is 5.08. The lowest BCUT2D eigenvalue weighted by atomic mass is 10.1. The first kappa shape index (κ1) is 12.1. The van der Waals surface area contributed by atoms with E-state index in [-0.39, 0.29) is 25.5 Å². The molecule has 0 aliphatic carbocycles. The monoisotopic (exact) mass is 244 g/mol. The van der Waals surface area contributed by atoms with Gasteiger partial charge in [-0.05, 0) is 5.56 Å². The Morgan fingerprint density at radius 1 is 1.44 bits per heavy atom. The lowest BCUT2D eigenvalue weighted by molar-refractivity contribution is -0.118. The van der Waals surface area contributed by atoms with Crippen LogP contribution < -0.4 is 0 Å². The van der Waals surface area contributed by atoms with Gasteiger partial charge in [0.2, 0.25) is 0 Å². The zero-order valence-corrected chi connectivity index (χ0v) is 9.70. The molecule has 1 heterocycles. The highest BCUT2D eigenvalue weighted by Crippen LogP contribution is 2.13. The van der Waals surface area contributed by atoms with Crippen molar-refractivity contribution in [1.29, 1.82) is 5.26 Å². The maximum absolute atomic E-state index is 11.7. The predicted octanol–water partition coefficient (Wildman–Crippen LogP) is 1.35. The number of ketones is 1. The summed E-state index contributed by atoms with van der Waals surface area (Å²) >= 11 is 0. The second-order valence-electron chi connectivity index (χ2n) is 4.07. The molecule has 18 heavy (non-hydrogen) atoms. The minimum absolute atomic E-state index is 0.0359. The molecule has 1 aliphatic heterocycles. The molecule has 1 amide bonds. The number of nitriles is 1. The minimum atomic E-state index is -0.714. The third-order valence-corrected chi connectivity index (χ3v) is 2.76. The summed E-state index contributed by atoms with van der Waals surface area (Å²) in [4.78, 5) is 24.3. The van der Waals surface area contributed by atoms with E-state index >= 15 is 0 Å². The number of hydrogen-bond donors (Lipinski definition) is 0. The first-order valence-corrected chi connectivity index (χ1v) is 5.58. The van der Waals surface area contributed by atoms with Gasteiger partial charge in [-0.1, -0.05) is 30.3 Å². The van der Waals surface area contributed by atoms with Crippen LogP contribution in [-0.4, -0.2) is 29.9 Å². The molecule has 0 radical (unpaired) electrons. The van der Waals surface area contributed by atoms with Crippen LogP contribution in [-0.2, 0) is 16.1 Å². The van der Waals surface area contributed by atoms with Crippen LogP contribution in [0.1, 0.15) is 5.56 Å². The van der Waals surface area contributed by atoms with Gasteiger partial charge in [-0.3, -0.25) is 9.69 Å². The summed E-state index contributed by atoms with van der Waals surface area (Å²) in [6.45, 7) is 0.260. The van der Waals surface area contributed by atoms with Crippen molar-refractivity contribution < 1.29 is 14.3 Å². The first-order valence-electron chi connectivity index (χ1n) is 5.58. The second-order valence-corrected chi connectivity index (χ2v) is 4.07. The predicted molar refractivity (Wildman–Crippen MR) is 62.3 cm³/mol. The molecule has 5 heteroatoms. The molecular weight excluding hydrogens is 232 g/mol. The topological polar surface area (TPSA) is 70.4 Å². The largest absolute Gasteiger partial charge is 0.445 e. The van der Waals surface area contributed by atoms with Gasteiger partial charge in [0.25, 0.3) is 0 Å². The van der Waals surface area contributed by atoms with E-state index in [9.17, 15) is 9.59 Å². The van der Waals surface area contributed by atoms with Crippen molar-refractivity contribution in [2.24, 2.45) is 5.92 Å². The molecule has 0 aromatic heterocycles. The van der Waals surface area contributed by atoms with Gasteiger partial charge in [0.1, 0.15) is 12.5 Å². The Balaban J connectivity index is 1.87. The lowest BCUT2D eigenvalue weighted by Crippen LogP contribution is -2.29. The smallest absolute Gasteiger partial charge is 0.410 e. The van der Waals surface area contributed by atoms with Crippen molar-refractivity contribution >= 4 is 11.9 Å². The zero-order valence-electron chi connectivity index (χ0n) is 9.70. The number of nitrogens with zero attached hydrogens (tertiary/aromatic N) is 2. The minimum Gasteiger partial charge on any atom is -0.445 e. The summed E-state index contributed by atoms with van der Waals surface area (Å²) in [5.41, 5.74) is 0.883. The van der Waals surface area contributed by atoms with Crippen LogP contribution in [0.4, 0.5) is 4.79 Å². The Morgan fingerprint density at radius 3 is 2.78 bits per heavy atom. The van der Waals surface area contributed by atoms with Gasteiger partial charge in [-0.15, -0.1) is 0 Å². The number of Topliss-reactive ketones (excluding diaryl/α,β-unsaturated/α-hetero) is 1. The number of hydrogen-bond acceptors (Lipinski definition) is 4. The molecule has 1 aromatic rings. The van der Waals surface area contributed by atoms with Crippen LogP contribution in [0, 0.1) is 17.2 Å². The average Bonchev–Trinajstić information content (AvgIpc) is 2.78.